The van der Waals surface area contributed by atoms with Crippen molar-refractivity contribution in [2.24, 2.45) is 5.92 Å². The van der Waals surface area contributed by atoms with E-state index in [9.17, 15) is 9.90 Å². The van der Waals surface area contributed by atoms with Crippen LogP contribution in [0.15, 0.2) is 18.2 Å². The Morgan fingerprint density at radius 3 is 3.06 bits per heavy atom. The summed E-state index contributed by atoms with van der Waals surface area (Å²) in [5.41, 5.74) is 0.203. The van der Waals surface area contributed by atoms with Gasteiger partial charge < -0.3 is 15.2 Å². The van der Waals surface area contributed by atoms with Gasteiger partial charge in [0.1, 0.15) is 5.75 Å². The molecule has 98 valence electrons. The number of amides is 1. The Bertz CT molecular complexity index is 450. The molecule has 18 heavy (non-hydrogen) atoms. The van der Waals surface area contributed by atoms with Crippen LogP contribution < -0.4 is 5.32 Å². The lowest BCUT2D eigenvalue weighted by molar-refractivity contribution is 0.0905. The fourth-order valence-electron chi connectivity index (χ4n) is 2.05. The van der Waals surface area contributed by atoms with Crippen molar-refractivity contribution in [3.63, 3.8) is 0 Å². The van der Waals surface area contributed by atoms with Crippen LogP contribution >= 0.6 is 11.6 Å². The number of carbonyl (C=O) groups excluding carboxylic acids is 1. The number of carbonyl (C=O) groups is 1. The first-order valence-electron chi connectivity index (χ1n) is 5.96. The number of hydrogen-bond acceptors (Lipinski definition) is 3. The average molecular weight is 270 g/mol. The highest BCUT2D eigenvalue weighted by molar-refractivity contribution is 6.31. The van der Waals surface area contributed by atoms with E-state index in [1.54, 1.807) is 6.07 Å². The van der Waals surface area contributed by atoms with E-state index in [0.29, 0.717) is 17.5 Å². The first kappa shape index (κ1) is 13.2. The second kappa shape index (κ2) is 5.59. The number of phenolic OH excluding ortho intramolecular Hbond substituents is 1. The van der Waals surface area contributed by atoms with Gasteiger partial charge >= 0.3 is 0 Å². The fourth-order valence-corrected chi connectivity index (χ4v) is 2.23. The first-order chi connectivity index (χ1) is 8.58. The zero-order valence-corrected chi connectivity index (χ0v) is 10.9. The summed E-state index contributed by atoms with van der Waals surface area (Å²) in [6, 6.07) is 4.42. The molecule has 1 amide bonds. The van der Waals surface area contributed by atoms with E-state index in [-0.39, 0.29) is 23.3 Å². The Balaban J connectivity index is 1.97. The van der Waals surface area contributed by atoms with Crippen molar-refractivity contribution in [2.75, 3.05) is 13.2 Å². The number of rotatable bonds is 3. The van der Waals surface area contributed by atoms with E-state index in [2.05, 4.69) is 5.32 Å². The highest BCUT2D eigenvalue weighted by Gasteiger charge is 2.24. The number of phenols is 1. The Kier molecular flexibility index (Phi) is 4.09. The quantitative estimate of drug-likeness (QED) is 0.884. The molecule has 1 heterocycles. The molecule has 4 nitrogen and oxygen atoms in total. The molecule has 0 aromatic heterocycles. The molecule has 1 aliphatic rings. The molecule has 1 aromatic carbocycles. The summed E-state index contributed by atoms with van der Waals surface area (Å²) < 4.78 is 5.42. The van der Waals surface area contributed by atoms with Gasteiger partial charge in [-0.1, -0.05) is 11.6 Å². The number of hydrogen-bond donors (Lipinski definition) is 2. The predicted molar refractivity (Wildman–Crippen MR) is 69.0 cm³/mol. The van der Waals surface area contributed by atoms with Gasteiger partial charge in [-0.05, 0) is 31.5 Å². The zero-order valence-electron chi connectivity index (χ0n) is 10.1. The van der Waals surface area contributed by atoms with E-state index in [1.807, 2.05) is 6.92 Å². The molecule has 1 fully saturated rings. The lowest BCUT2D eigenvalue weighted by Gasteiger charge is -2.15. The molecule has 2 rings (SSSR count). The number of aromatic hydroxyl groups is 1. The van der Waals surface area contributed by atoms with Crippen LogP contribution in [0.5, 0.6) is 5.75 Å². The summed E-state index contributed by atoms with van der Waals surface area (Å²) in [5, 5.41) is 12.8. The maximum absolute atomic E-state index is 11.9. The van der Waals surface area contributed by atoms with Gasteiger partial charge in [0.05, 0.1) is 11.7 Å². The number of benzene rings is 1. The minimum Gasteiger partial charge on any atom is -0.507 e. The second-order valence-corrected chi connectivity index (χ2v) is 4.93. The van der Waals surface area contributed by atoms with Crippen molar-refractivity contribution in [2.45, 2.75) is 19.4 Å². The Labute approximate surface area is 111 Å². The first-order valence-corrected chi connectivity index (χ1v) is 6.34. The maximum Gasteiger partial charge on any atom is 0.255 e. The molecular formula is C13H16ClNO3. The van der Waals surface area contributed by atoms with Crippen LogP contribution in [0.1, 0.15) is 23.7 Å². The molecule has 0 aliphatic carbocycles. The molecule has 5 heteroatoms. The van der Waals surface area contributed by atoms with Gasteiger partial charge in [-0.2, -0.15) is 0 Å². The minimum atomic E-state index is -0.311. The van der Waals surface area contributed by atoms with E-state index in [1.165, 1.54) is 12.1 Å². The molecule has 0 saturated carbocycles. The smallest absolute Gasteiger partial charge is 0.255 e. The van der Waals surface area contributed by atoms with Crippen LogP contribution in [0.2, 0.25) is 5.02 Å². The van der Waals surface area contributed by atoms with Crippen LogP contribution in [-0.4, -0.2) is 30.3 Å². The molecule has 1 aromatic rings. The van der Waals surface area contributed by atoms with Crippen molar-refractivity contribution in [1.82, 2.24) is 5.32 Å². The molecular weight excluding hydrogens is 254 g/mol. The summed E-state index contributed by atoms with van der Waals surface area (Å²) in [4.78, 5) is 11.9. The summed E-state index contributed by atoms with van der Waals surface area (Å²) in [7, 11) is 0. The standard InChI is InChI=1S/C13H16ClNO3/c1-8-9(4-5-18-8)7-15-13(17)11-6-10(14)2-3-12(11)16/h2-3,6,8-9,16H,4-5,7H2,1H3,(H,15,17). The van der Waals surface area contributed by atoms with E-state index in [0.717, 1.165) is 13.0 Å². The molecule has 1 aliphatic heterocycles. The lowest BCUT2D eigenvalue weighted by atomic mass is 10.0. The molecule has 2 unspecified atom stereocenters. The number of ether oxygens (including phenoxy) is 1. The van der Waals surface area contributed by atoms with Gasteiger partial charge in [0, 0.05) is 24.1 Å². The summed E-state index contributed by atoms with van der Waals surface area (Å²) >= 11 is 5.80. The molecule has 2 atom stereocenters. The van der Waals surface area contributed by atoms with E-state index < -0.39 is 0 Å². The van der Waals surface area contributed by atoms with Crippen molar-refractivity contribution < 1.29 is 14.6 Å². The lowest BCUT2D eigenvalue weighted by Crippen LogP contribution is -2.32. The summed E-state index contributed by atoms with van der Waals surface area (Å²) in [6.45, 7) is 3.29. The summed E-state index contributed by atoms with van der Waals surface area (Å²) in [6.07, 6.45) is 1.11. The third-order valence-corrected chi connectivity index (χ3v) is 3.50. The fraction of sp³-hybridized carbons (Fsp3) is 0.462. The van der Waals surface area contributed by atoms with Gasteiger partial charge in [-0.15, -0.1) is 0 Å². The van der Waals surface area contributed by atoms with Crippen molar-refractivity contribution in [1.29, 1.82) is 0 Å². The molecule has 0 bridgehead atoms. The normalized spacial score (nSPS) is 23.0. The number of nitrogens with one attached hydrogen (secondary N) is 1. The average Bonchev–Trinajstić information content (AvgIpc) is 2.75. The molecule has 0 radical (unpaired) electrons. The molecule has 2 N–H and O–H groups in total. The predicted octanol–water partition coefficient (Wildman–Crippen LogP) is 2.20. The van der Waals surface area contributed by atoms with Crippen LogP contribution in [0.25, 0.3) is 0 Å². The van der Waals surface area contributed by atoms with Gasteiger partial charge in [0.25, 0.3) is 5.91 Å². The van der Waals surface area contributed by atoms with Crippen molar-refractivity contribution >= 4 is 17.5 Å². The van der Waals surface area contributed by atoms with Gasteiger partial charge in [-0.3, -0.25) is 4.79 Å². The summed E-state index contributed by atoms with van der Waals surface area (Å²) in [5.74, 6) is -0.0444. The highest BCUT2D eigenvalue weighted by Crippen LogP contribution is 2.22. The molecule has 0 spiro atoms. The second-order valence-electron chi connectivity index (χ2n) is 4.50. The maximum atomic E-state index is 11.9. The highest BCUT2D eigenvalue weighted by atomic mass is 35.5. The van der Waals surface area contributed by atoms with Gasteiger partial charge in [0.2, 0.25) is 0 Å². The van der Waals surface area contributed by atoms with Crippen molar-refractivity contribution in [3.05, 3.63) is 28.8 Å². The Morgan fingerprint density at radius 1 is 1.61 bits per heavy atom. The van der Waals surface area contributed by atoms with Crippen LogP contribution in [-0.2, 0) is 4.74 Å². The van der Waals surface area contributed by atoms with Gasteiger partial charge in [0.15, 0.2) is 0 Å². The Morgan fingerprint density at radius 2 is 2.39 bits per heavy atom. The van der Waals surface area contributed by atoms with E-state index >= 15 is 0 Å². The number of halogens is 1. The van der Waals surface area contributed by atoms with Crippen LogP contribution in [0.3, 0.4) is 0 Å². The minimum absolute atomic E-state index is 0.0624. The van der Waals surface area contributed by atoms with E-state index in [4.69, 9.17) is 16.3 Å². The SMILES string of the molecule is CC1OCCC1CNC(=O)c1cc(Cl)ccc1O. The topological polar surface area (TPSA) is 58.6 Å². The van der Waals surface area contributed by atoms with Crippen LogP contribution in [0.4, 0.5) is 0 Å². The third-order valence-electron chi connectivity index (χ3n) is 3.26. The largest absolute Gasteiger partial charge is 0.507 e. The molecule has 1 saturated heterocycles. The Hall–Kier alpha value is -1.26. The van der Waals surface area contributed by atoms with Crippen LogP contribution in [0, 0.1) is 5.92 Å². The van der Waals surface area contributed by atoms with Gasteiger partial charge in [-0.25, -0.2) is 0 Å². The van der Waals surface area contributed by atoms with Crippen molar-refractivity contribution in [3.8, 4) is 5.75 Å². The third kappa shape index (κ3) is 2.94. The monoisotopic (exact) mass is 269 g/mol. The zero-order chi connectivity index (χ0) is 13.1.